The van der Waals surface area contributed by atoms with Gasteiger partial charge in [-0.05, 0) is 34.6 Å². The second-order valence-corrected chi connectivity index (χ2v) is 4.57. The van der Waals surface area contributed by atoms with E-state index >= 15 is 0 Å². The summed E-state index contributed by atoms with van der Waals surface area (Å²) in [6, 6.07) is 3.94. The van der Waals surface area contributed by atoms with Crippen LogP contribution in [0, 0.1) is 0 Å². The lowest BCUT2D eigenvalue weighted by Gasteiger charge is -1.99. The average Bonchev–Trinajstić information content (AvgIpc) is 2.77. The van der Waals surface area contributed by atoms with Crippen LogP contribution in [0.5, 0.6) is 0 Å². The maximum absolute atomic E-state index is 4.29. The summed E-state index contributed by atoms with van der Waals surface area (Å²) in [6.45, 7) is 4.40. The van der Waals surface area contributed by atoms with Crippen molar-refractivity contribution in [2.24, 2.45) is 0 Å². The lowest BCUT2D eigenvalue weighted by atomic mass is 10.3. The maximum Gasteiger partial charge on any atom is 0.0964 e. The van der Waals surface area contributed by atoms with Gasteiger partial charge in [-0.15, -0.1) is 5.10 Å². The first-order valence-electron chi connectivity index (χ1n) is 5.48. The second-order valence-electron chi connectivity index (χ2n) is 3.66. The number of nitrogens with zero attached hydrogens (tertiary/aromatic N) is 4. The van der Waals surface area contributed by atoms with Gasteiger partial charge in [0, 0.05) is 17.2 Å². The van der Waals surface area contributed by atoms with Gasteiger partial charge in [-0.2, -0.15) is 0 Å². The van der Waals surface area contributed by atoms with Gasteiger partial charge in [-0.25, -0.2) is 4.68 Å². The predicted octanol–water partition coefficient (Wildman–Crippen LogP) is 1.59. The SMILES string of the molecule is CCNCc1cn(Cc2ccc(Br)cn2)nn1. The van der Waals surface area contributed by atoms with Crippen molar-refractivity contribution in [2.45, 2.75) is 20.0 Å². The third-order valence-electron chi connectivity index (χ3n) is 2.25. The monoisotopic (exact) mass is 295 g/mol. The fourth-order valence-electron chi connectivity index (χ4n) is 1.42. The van der Waals surface area contributed by atoms with Crippen molar-refractivity contribution in [1.82, 2.24) is 25.3 Å². The fraction of sp³-hybridized carbons (Fsp3) is 0.364. The molecule has 0 atom stereocenters. The van der Waals surface area contributed by atoms with Crippen LogP contribution in [-0.2, 0) is 13.1 Å². The molecule has 0 spiro atoms. The fourth-order valence-corrected chi connectivity index (χ4v) is 1.65. The van der Waals surface area contributed by atoms with Gasteiger partial charge in [0.05, 0.1) is 24.1 Å². The molecule has 0 aliphatic carbocycles. The molecule has 0 amide bonds. The Morgan fingerprint density at radius 1 is 1.35 bits per heavy atom. The Bertz CT molecular complexity index is 465. The van der Waals surface area contributed by atoms with E-state index in [1.807, 2.05) is 18.3 Å². The van der Waals surface area contributed by atoms with Crippen molar-refractivity contribution in [3.8, 4) is 0 Å². The van der Waals surface area contributed by atoms with Gasteiger partial charge in [0.25, 0.3) is 0 Å². The summed E-state index contributed by atoms with van der Waals surface area (Å²) in [5.74, 6) is 0. The summed E-state index contributed by atoms with van der Waals surface area (Å²) in [4.78, 5) is 4.29. The third-order valence-corrected chi connectivity index (χ3v) is 2.72. The molecule has 2 aromatic heterocycles. The molecule has 2 aromatic rings. The van der Waals surface area contributed by atoms with Gasteiger partial charge < -0.3 is 5.32 Å². The highest BCUT2D eigenvalue weighted by molar-refractivity contribution is 9.10. The first-order valence-corrected chi connectivity index (χ1v) is 6.27. The van der Waals surface area contributed by atoms with Crippen molar-refractivity contribution < 1.29 is 0 Å². The zero-order valence-electron chi connectivity index (χ0n) is 9.60. The Morgan fingerprint density at radius 3 is 2.94 bits per heavy atom. The van der Waals surface area contributed by atoms with Crippen molar-refractivity contribution in [3.63, 3.8) is 0 Å². The molecule has 0 unspecified atom stereocenters. The Balaban J connectivity index is 1.98. The molecule has 0 bridgehead atoms. The molecule has 2 rings (SSSR count). The second kappa shape index (κ2) is 5.88. The maximum atomic E-state index is 4.29. The van der Waals surface area contributed by atoms with Crippen LogP contribution in [-0.4, -0.2) is 26.5 Å². The van der Waals surface area contributed by atoms with Crippen LogP contribution in [0.2, 0.25) is 0 Å². The first-order chi connectivity index (χ1) is 8.28. The van der Waals surface area contributed by atoms with Crippen molar-refractivity contribution in [3.05, 3.63) is 40.4 Å². The topological polar surface area (TPSA) is 55.6 Å². The normalized spacial score (nSPS) is 10.7. The zero-order chi connectivity index (χ0) is 12.1. The lowest BCUT2D eigenvalue weighted by Crippen LogP contribution is -2.11. The van der Waals surface area contributed by atoms with Crippen molar-refractivity contribution in [2.75, 3.05) is 6.54 Å². The quantitative estimate of drug-likeness (QED) is 0.910. The standard InChI is InChI=1S/C11H14BrN5/c1-2-13-6-11-8-17(16-15-11)7-10-4-3-9(12)5-14-10/h3-5,8,13H,2,6-7H2,1H3. The smallest absolute Gasteiger partial charge is 0.0964 e. The molecule has 0 saturated heterocycles. The molecule has 0 fully saturated rings. The van der Waals surface area contributed by atoms with Crippen LogP contribution >= 0.6 is 15.9 Å². The molecule has 2 heterocycles. The Kier molecular flexibility index (Phi) is 4.22. The van der Waals surface area contributed by atoms with Crippen molar-refractivity contribution in [1.29, 1.82) is 0 Å². The van der Waals surface area contributed by atoms with Crippen molar-refractivity contribution >= 4 is 15.9 Å². The van der Waals surface area contributed by atoms with Gasteiger partial charge in [-0.1, -0.05) is 12.1 Å². The summed E-state index contributed by atoms with van der Waals surface area (Å²) in [5.41, 5.74) is 1.91. The molecule has 0 aromatic carbocycles. The van der Waals surface area contributed by atoms with E-state index in [0.29, 0.717) is 6.54 Å². The van der Waals surface area contributed by atoms with Crippen LogP contribution in [0.15, 0.2) is 29.0 Å². The molecule has 0 aliphatic heterocycles. The minimum Gasteiger partial charge on any atom is -0.311 e. The number of hydrogen-bond acceptors (Lipinski definition) is 4. The molecule has 0 saturated carbocycles. The Hall–Kier alpha value is -1.27. The van der Waals surface area contributed by atoms with Gasteiger partial charge in [0.15, 0.2) is 0 Å². The number of rotatable bonds is 5. The van der Waals surface area contributed by atoms with Gasteiger partial charge >= 0.3 is 0 Å². The van der Waals surface area contributed by atoms with Crippen LogP contribution < -0.4 is 5.32 Å². The van der Waals surface area contributed by atoms with Crippen LogP contribution in [0.25, 0.3) is 0 Å². The minimum atomic E-state index is 0.645. The predicted molar refractivity (Wildman–Crippen MR) is 68.4 cm³/mol. The van der Waals surface area contributed by atoms with Crippen LogP contribution in [0.4, 0.5) is 0 Å². The van der Waals surface area contributed by atoms with Gasteiger partial charge in [0.1, 0.15) is 0 Å². The molecule has 5 nitrogen and oxygen atoms in total. The largest absolute Gasteiger partial charge is 0.311 e. The third kappa shape index (κ3) is 3.61. The van der Waals surface area contributed by atoms with E-state index in [1.54, 1.807) is 10.9 Å². The highest BCUT2D eigenvalue weighted by Crippen LogP contribution is 2.08. The van der Waals surface area contributed by atoms with E-state index in [1.165, 1.54) is 0 Å². The minimum absolute atomic E-state index is 0.645. The van der Waals surface area contributed by atoms with Gasteiger partial charge in [0.2, 0.25) is 0 Å². The molecule has 6 heteroatoms. The number of hydrogen-bond donors (Lipinski definition) is 1. The Labute approximate surface area is 108 Å². The summed E-state index contributed by atoms with van der Waals surface area (Å²) >= 11 is 3.36. The van der Waals surface area contributed by atoms with E-state index in [-0.39, 0.29) is 0 Å². The molecular weight excluding hydrogens is 282 g/mol. The summed E-state index contributed by atoms with van der Waals surface area (Å²) < 4.78 is 2.77. The molecule has 0 aliphatic rings. The van der Waals surface area contributed by atoms with E-state index < -0.39 is 0 Å². The summed E-state index contributed by atoms with van der Waals surface area (Å²) in [7, 11) is 0. The van der Waals surface area contributed by atoms with E-state index in [0.717, 1.165) is 29.0 Å². The average molecular weight is 296 g/mol. The van der Waals surface area contributed by atoms with Gasteiger partial charge in [-0.3, -0.25) is 4.98 Å². The number of aromatic nitrogens is 4. The molecule has 17 heavy (non-hydrogen) atoms. The van der Waals surface area contributed by atoms with E-state index in [2.05, 4.69) is 43.5 Å². The molecular formula is C11H14BrN5. The number of pyridine rings is 1. The highest BCUT2D eigenvalue weighted by Gasteiger charge is 2.01. The van der Waals surface area contributed by atoms with E-state index in [9.17, 15) is 0 Å². The first kappa shape index (κ1) is 12.2. The van der Waals surface area contributed by atoms with Crippen LogP contribution in [0.1, 0.15) is 18.3 Å². The summed E-state index contributed by atoms with van der Waals surface area (Å²) in [5, 5.41) is 11.4. The molecule has 1 N–H and O–H groups in total. The lowest BCUT2D eigenvalue weighted by molar-refractivity contribution is 0.637. The molecule has 0 radical (unpaired) electrons. The van der Waals surface area contributed by atoms with E-state index in [4.69, 9.17) is 0 Å². The Morgan fingerprint density at radius 2 is 2.24 bits per heavy atom. The zero-order valence-corrected chi connectivity index (χ0v) is 11.2. The highest BCUT2D eigenvalue weighted by atomic mass is 79.9. The number of nitrogens with one attached hydrogen (secondary N) is 1. The number of halogens is 1. The molecule has 90 valence electrons. The van der Waals surface area contributed by atoms with Crippen LogP contribution in [0.3, 0.4) is 0 Å². The summed E-state index contributed by atoms with van der Waals surface area (Å²) in [6.07, 6.45) is 3.72.